The van der Waals surface area contributed by atoms with Crippen molar-refractivity contribution in [3.8, 4) is 22.6 Å². The van der Waals surface area contributed by atoms with Gasteiger partial charge in [0.25, 0.3) is 0 Å². The quantitative estimate of drug-likeness (QED) is 0.271. The summed E-state index contributed by atoms with van der Waals surface area (Å²) in [5, 5.41) is 0. The number of benzene rings is 2. The van der Waals surface area contributed by atoms with Crippen LogP contribution in [-0.4, -0.2) is 13.2 Å². The van der Waals surface area contributed by atoms with E-state index in [2.05, 4.69) is 16.4 Å². The van der Waals surface area contributed by atoms with Gasteiger partial charge in [-0.05, 0) is 80.0 Å². The summed E-state index contributed by atoms with van der Waals surface area (Å²) < 4.78 is 96.3. The first kappa shape index (κ1) is 29.6. The normalized spacial score (nSPS) is 24.0. The first-order valence-electron chi connectivity index (χ1n) is 14.2. The monoisotopic (exact) mass is 556 g/mol. The van der Waals surface area contributed by atoms with Crippen molar-refractivity contribution >= 4 is 0 Å². The Morgan fingerprint density at radius 1 is 0.667 bits per heavy atom. The van der Waals surface area contributed by atoms with E-state index in [0.29, 0.717) is 5.92 Å². The van der Waals surface area contributed by atoms with Crippen LogP contribution >= 0.6 is 0 Å². The molecule has 39 heavy (non-hydrogen) atoms. The minimum Gasteiger partial charge on any atom is -0.494 e. The van der Waals surface area contributed by atoms with Crippen molar-refractivity contribution in [3.63, 3.8) is 0 Å². The maximum atomic E-state index is 14.7. The fraction of sp³-hybridized carbons (Fsp3) is 0.613. The van der Waals surface area contributed by atoms with Crippen LogP contribution in [-0.2, 0) is 0 Å². The van der Waals surface area contributed by atoms with Crippen LogP contribution in [0.3, 0.4) is 0 Å². The highest BCUT2D eigenvalue weighted by molar-refractivity contribution is 5.67. The number of methoxy groups -OCH3 is 1. The van der Waals surface area contributed by atoms with E-state index >= 15 is 0 Å². The Morgan fingerprint density at radius 3 is 1.62 bits per heavy atom. The van der Waals surface area contributed by atoms with Crippen LogP contribution in [0.15, 0.2) is 24.3 Å². The number of rotatable bonds is 10. The van der Waals surface area contributed by atoms with Crippen molar-refractivity contribution in [2.24, 2.45) is 23.7 Å². The van der Waals surface area contributed by atoms with Gasteiger partial charge in [0.1, 0.15) is 0 Å². The molecule has 0 radical (unpaired) electrons. The maximum absolute atomic E-state index is 14.7. The Kier molecular flexibility index (Phi) is 9.76. The molecule has 0 spiro atoms. The van der Waals surface area contributed by atoms with E-state index in [-0.39, 0.29) is 12.3 Å². The molecule has 2 aromatic rings. The van der Waals surface area contributed by atoms with Crippen molar-refractivity contribution in [2.75, 3.05) is 7.11 Å². The lowest BCUT2D eigenvalue weighted by molar-refractivity contribution is -0.185. The van der Waals surface area contributed by atoms with Crippen molar-refractivity contribution in [3.05, 3.63) is 47.5 Å². The van der Waals surface area contributed by atoms with Gasteiger partial charge in [-0.2, -0.15) is 17.6 Å². The highest BCUT2D eigenvalue weighted by Crippen LogP contribution is 2.44. The summed E-state index contributed by atoms with van der Waals surface area (Å²) in [6, 6.07) is 3.79. The Morgan fingerprint density at radius 2 is 1.13 bits per heavy atom. The third-order valence-electron chi connectivity index (χ3n) is 8.85. The molecule has 4 rings (SSSR count). The summed E-state index contributed by atoms with van der Waals surface area (Å²) in [5.41, 5.74) is -1.18. The minimum atomic E-state index is -3.69. The standard InChI is InChI=1S/C31H38F6O2/c1-3-4-19-5-9-21(10-6-19)22-11-7-20(8-12-22)17-18-31(36,37)39-26-16-14-24(28(33)30(26)35)23-13-15-25(38-2)29(34)27(23)32/h13-16,19-22H,3-12,17-18H2,1-2H3. The zero-order chi connectivity index (χ0) is 28.2. The third kappa shape index (κ3) is 7.04. The fourth-order valence-corrected chi connectivity index (χ4v) is 6.60. The van der Waals surface area contributed by atoms with E-state index in [1.54, 1.807) is 0 Å². The molecule has 0 amide bonds. The van der Waals surface area contributed by atoms with E-state index in [1.165, 1.54) is 38.5 Å². The van der Waals surface area contributed by atoms with Gasteiger partial charge in [-0.25, -0.2) is 8.78 Å². The molecule has 0 atom stereocenters. The van der Waals surface area contributed by atoms with Crippen LogP contribution in [0.2, 0.25) is 0 Å². The van der Waals surface area contributed by atoms with Gasteiger partial charge in [-0.3, -0.25) is 0 Å². The van der Waals surface area contributed by atoms with Gasteiger partial charge in [0.05, 0.1) is 13.5 Å². The number of hydrogen-bond donors (Lipinski definition) is 0. The molecule has 0 heterocycles. The third-order valence-corrected chi connectivity index (χ3v) is 8.85. The van der Waals surface area contributed by atoms with Gasteiger partial charge in [0, 0.05) is 11.1 Å². The number of ether oxygens (including phenoxy) is 2. The zero-order valence-electron chi connectivity index (χ0n) is 22.7. The lowest BCUT2D eigenvalue weighted by atomic mass is 9.68. The molecule has 0 bridgehead atoms. The van der Waals surface area contributed by atoms with Crippen LogP contribution in [0.4, 0.5) is 26.3 Å². The van der Waals surface area contributed by atoms with Crippen LogP contribution in [0.25, 0.3) is 11.1 Å². The molecule has 2 nitrogen and oxygen atoms in total. The Hall–Kier alpha value is -2.38. The number of halogens is 6. The molecular formula is C31H38F6O2. The molecule has 0 N–H and O–H groups in total. The predicted molar refractivity (Wildman–Crippen MR) is 139 cm³/mol. The molecule has 2 saturated carbocycles. The van der Waals surface area contributed by atoms with Gasteiger partial charge in [0.2, 0.25) is 11.6 Å². The van der Waals surface area contributed by atoms with Gasteiger partial charge in [0.15, 0.2) is 23.1 Å². The van der Waals surface area contributed by atoms with Crippen molar-refractivity contribution in [2.45, 2.75) is 90.1 Å². The molecule has 0 aromatic heterocycles. The lowest BCUT2D eigenvalue weighted by Crippen LogP contribution is -2.28. The highest BCUT2D eigenvalue weighted by atomic mass is 19.3. The molecule has 0 unspecified atom stereocenters. The summed E-state index contributed by atoms with van der Waals surface area (Å²) in [7, 11) is 1.13. The van der Waals surface area contributed by atoms with E-state index < -0.39 is 58.4 Å². The fourth-order valence-electron chi connectivity index (χ4n) is 6.60. The second kappa shape index (κ2) is 12.9. The topological polar surface area (TPSA) is 18.5 Å². The van der Waals surface area contributed by atoms with E-state index in [9.17, 15) is 26.3 Å². The molecule has 2 fully saturated rings. The lowest BCUT2D eigenvalue weighted by Gasteiger charge is -2.38. The van der Waals surface area contributed by atoms with Crippen LogP contribution in [0.1, 0.15) is 84.0 Å². The van der Waals surface area contributed by atoms with Gasteiger partial charge >= 0.3 is 6.11 Å². The van der Waals surface area contributed by atoms with Crippen LogP contribution < -0.4 is 9.47 Å². The van der Waals surface area contributed by atoms with Crippen molar-refractivity contribution in [1.82, 2.24) is 0 Å². The average Bonchev–Trinajstić information content (AvgIpc) is 2.93. The summed E-state index contributed by atoms with van der Waals surface area (Å²) in [6.45, 7) is 2.24. The molecule has 2 aliphatic carbocycles. The maximum Gasteiger partial charge on any atom is 0.397 e. The first-order chi connectivity index (χ1) is 18.6. The second-order valence-corrected chi connectivity index (χ2v) is 11.3. The number of hydrogen-bond acceptors (Lipinski definition) is 2. The number of alkyl halides is 2. The molecule has 2 aliphatic rings. The second-order valence-electron chi connectivity index (χ2n) is 11.3. The van der Waals surface area contributed by atoms with E-state index in [1.807, 2.05) is 0 Å². The highest BCUT2D eigenvalue weighted by Gasteiger charge is 2.36. The summed E-state index contributed by atoms with van der Waals surface area (Å²) in [5.74, 6) is -5.01. The first-order valence-corrected chi connectivity index (χ1v) is 14.2. The summed E-state index contributed by atoms with van der Waals surface area (Å²) >= 11 is 0. The van der Waals surface area contributed by atoms with Gasteiger partial charge in [-0.1, -0.05) is 45.4 Å². The smallest absolute Gasteiger partial charge is 0.397 e. The molecule has 2 aromatic carbocycles. The Bertz CT molecular complexity index is 1100. The van der Waals surface area contributed by atoms with Crippen molar-refractivity contribution in [1.29, 1.82) is 0 Å². The summed E-state index contributed by atoms with van der Waals surface area (Å²) in [4.78, 5) is 0. The zero-order valence-corrected chi connectivity index (χ0v) is 22.7. The van der Waals surface area contributed by atoms with Crippen molar-refractivity contribution < 1.29 is 35.8 Å². The van der Waals surface area contributed by atoms with Gasteiger partial charge < -0.3 is 9.47 Å². The Labute approximate surface area is 227 Å². The molecule has 8 heteroatoms. The van der Waals surface area contributed by atoms with E-state index in [0.717, 1.165) is 68.9 Å². The van der Waals surface area contributed by atoms with Crippen LogP contribution in [0.5, 0.6) is 11.5 Å². The van der Waals surface area contributed by atoms with E-state index in [4.69, 9.17) is 0 Å². The summed E-state index contributed by atoms with van der Waals surface area (Å²) in [6.07, 6.45) is 7.61. The SMILES string of the molecule is CCCC1CCC(C2CCC(CCC(F)(F)Oc3ccc(-c4ccc(OC)c(F)c4F)c(F)c3F)CC2)CC1. The molecule has 0 saturated heterocycles. The molecule has 0 aliphatic heterocycles. The molecular weight excluding hydrogens is 518 g/mol. The molecule has 216 valence electrons. The van der Waals surface area contributed by atoms with Gasteiger partial charge in [-0.15, -0.1) is 0 Å². The van der Waals surface area contributed by atoms with Crippen LogP contribution in [0, 0.1) is 46.9 Å². The minimum absolute atomic E-state index is 0.157. The predicted octanol–water partition coefficient (Wildman–Crippen LogP) is 10.1. The Balaban J connectivity index is 1.30. The largest absolute Gasteiger partial charge is 0.494 e. The average molecular weight is 557 g/mol.